The van der Waals surface area contributed by atoms with E-state index < -0.39 is 10.5 Å². The number of fused-ring (bicyclic) bond motifs is 2. The number of aliphatic hydroxyl groups is 1. The molecule has 6 aromatic carbocycles. The van der Waals surface area contributed by atoms with E-state index in [4.69, 9.17) is 49.9 Å². The number of aliphatic imine (C=N–C) groups is 2. The summed E-state index contributed by atoms with van der Waals surface area (Å²) in [4.78, 5) is 58.4. The molecule has 6 heterocycles. The van der Waals surface area contributed by atoms with Crippen molar-refractivity contribution in [2.24, 2.45) is 9.98 Å². The lowest BCUT2D eigenvalue weighted by atomic mass is 9.80. The van der Waals surface area contributed by atoms with Gasteiger partial charge >= 0.3 is 0 Å². The highest BCUT2D eigenvalue weighted by Gasteiger charge is 2.40. The molecule has 4 atom stereocenters. The molecule has 12 rings (SSSR count). The van der Waals surface area contributed by atoms with Crippen molar-refractivity contribution in [2.45, 2.75) is 68.2 Å². The molecule has 2 fully saturated rings. The lowest BCUT2D eigenvalue weighted by Crippen LogP contribution is -2.35. The molecule has 0 unspecified atom stereocenters. The van der Waals surface area contributed by atoms with Crippen molar-refractivity contribution in [2.75, 3.05) is 69.8 Å². The topological polar surface area (TPSA) is 243 Å². The molecule has 0 bridgehead atoms. The summed E-state index contributed by atoms with van der Waals surface area (Å²) in [7, 11) is 14.0. The molecule has 22 nitrogen and oxygen atoms in total. The van der Waals surface area contributed by atoms with Crippen molar-refractivity contribution in [1.82, 2.24) is 48.8 Å². The molecule has 2 saturated heterocycles. The van der Waals surface area contributed by atoms with Gasteiger partial charge in [-0.05, 0) is 108 Å². The van der Waals surface area contributed by atoms with Gasteiger partial charge in [-0.15, -0.1) is 11.6 Å². The Morgan fingerprint density at radius 1 is 0.543 bits per heavy atom. The second-order valence-electron chi connectivity index (χ2n) is 21.9. The third kappa shape index (κ3) is 14.9. The number of benzene rings is 6. The van der Waals surface area contributed by atoms with Crippen LogP contribution in [0.1, 0.15) is 78.9 Å². The predicted octanol–water partition coefficient (Wildman–Crippen LogP) is 10.9. The summed E-state index contributed by atoms with van der Waals surface area (Å²) < 4.78 is 44.2. The van der Waals surface area contributed by atoms with Crippen LogP contribution in [0.5, 0.6) is 23.0 Å². The Hall–Kier alpha value is -9.71. The monoisotopic (exact) mass is 1270 g/mol. The maximum atomic E-state index is 12.7. The zero-order valence-electron chi connectivity index (χ0n) is 51.8. The van der Waals surface area contributed by atoms with Crippen LogP contribution in [-0.4, -0.2) is 149 Å². The maximum absolute atomic E-state index is 12.7. The van der Waals surface area contributed by atoms with E-state index in [0.29, 0.717) is 24.3 Å². The number of alkyl halides is 1. The first kappa shape index (κ1) is 66.7. The molecule has 3 N–H and O–H groups in total. The number of hydrogen-bond acceptors (Lipinski definition) is 16. The van der Waals surface area contributed by atoms with Gasteiger partial charge in [0.1, 0.15) is 45.9 Å². The number of methoxy groups -OCH3 is 4. The summed E-state index contributed by atoms with van der Waals surface area (Å²) in [5.74, 6) is 3.54. The number of H-pyrrole nitrogens is 2. The molecule has 4 aromatic heterocycles. The molecule has 10 aromatic rings. The molecule has 0 aliphatic carbocycles. The number of hydrogen-bond donors (Lipinski definition) is 3. The summed E-state index contributed by atoms with van der Waals surface area (Å²) in [6.45, 7) is 0.290. The summed E-state index contributed by atoms with van der Waals surface area (Å²) >= 11 is 7.22. The van der Waals surface area contributed by atoms with Gasteiger partial charge in [0, 0.05) is 28.2 Å². The fourth-order valence-corrected chi connectivity index (χ4v) is 11.2. The molecule has 480 valence electrons. The average molecular weight is 1270 g/mol. The summed E-state index contributed by atoms with van der Waals surface area (Å²) in [6, 6.07) is 51.9. The average Bonchev–Trinajstić information content (AvgIpc) is 1.02. The van der Waals surface area contributed by atoms with Crippen molar-refractivity contribution >= 4 is 58.5 Å². The van der Waals surface area contributed by atoms with Gasteiger partial charge in [0.05, 0.1) is 79.2 Å². The molecule has 0 spiro atoms. The van der Waals surface area contributed by atoms with Gasteiger partial charge in [-0.1, -0.05) is 117 Å². The lowest BCUT2D eigenvalue weighted by Gasteiger charge is -2.37. The molecule has 0 amide bonds. The maximum Gasteiger partial charge on any atom is 0.280 e. The van der Waals surface area contributed by atoms with Gasteiger partial charge in [0.15, 0.2) is 22.3 Å². The number of aliphatic hydroxyl groups excluding tert-OH is 1. The number of aromatic amines is 2. The van der Waals surface area contributed by atoms with Crippen LogP contribution in [0, 0.1) is 0 Å². The number of ether oxygens (including phenoxy) is 7. The number of rotatable bonds is 20. The second kappa shape index (κ2) is 30.4. The zero-order valence-corrected chi connectivity index (χ0v) is 52.6. The van der Waals surface area contributed by atoms with E-state index in [1.54, 1.807) is 66.4 Å². The first-order valence-corrected chi connectivity index (χ1v) is 29.8. The highest BCUT2D eigenvalue weighted by atomic mass is 35.5. The molecular weight excluding hydrogens is 1190 g/mol. The SMILES string of the molecule is C.CN(C)C=Nc1nc2c(ncn2[C@H]2CC[C@@H](CO)O2)c(=O)[nH]1.COc1ccc(C(Cl)(c2ccccc2)c2ccc(OC)cc2)cc1.COc1ccc(C(OC[C@@H]2CC[C@H](n3cnc4c(=O)[nH]c(N=CN(C)C)nc43)O2)(c2ccccc2)c2ccc(OC)cc2)cc1. The predicted molar refractivity (Wildman–Crippen MR) is 357 cm³/mol. The Morgan fingerprint density at radius 3 is 1.26 bits per heavy atom. The van der Waals surface area contributed by atoms with Gasteiger partial charge in [0.2, 0.25) is 11.9 Å². The van der Waals surface area contributed by atoms with Crippen LogP contribution in [-0.2, 0) is 24.7 Å². The van der Waals surface area contributed by atoms with Crippen molar-refractivity contribution in [1.29, 1.82) is 0 Å². The van der Waals surface area contributed by atoms with E-state index in [-0.39, 0.29) is 72.7 Å². The van der Waals surface area contributed by atoms with Crippen LogP contribution in [0.25, 0.3) is 22.3 Å². The molecule has 92 heavy (non-hydrogen) atoms. The quantitative estimate of drug-likeness (QED) is 0.0278. The zero-order chi connectivity index (χ0) is 64.1. The van der Waals surface area contributed by atoms with Crippen molar-refractivity contribution in [3.8, 4) is 23.0 Å². The smallest absolute Gasteiger partial charge is 0.280 e. The van der Waals surface area contributed by atoms with E-state index in [1.165, 1.54) is 6.33 Å². The van der Waals surface area contributed by atoms with Crippen LogP contribution in [0.15, 0.2) is 190 Å². The van der Waals surface area contributed by atoms with Gasteiger partial charge in [-0.2, -0.15) is 9.97 Å². The van der Waals surface area contributed by atoms with Crippen LogP contribution >= 0.6 is 11.6 Å². The molecular formula is C69H77ClN12O10. The van der Waals surface area contributed by atoms with Crippen molar-refractivity contribution < 1.29 is 38.3 Å². The van der Waals surface area contributed by atoms with Gasteiger partial charge < -0.3 is 48.1 Å². The Kier molecular flexibility index (Phi) is 22.0. The number of imidazole rings is 2. The van der Waals surface area contributed by atoms with E-state index in [0.717, 1.165) is 75.6 Å². The minimum Gasteiger partial charge on any atom is -0.497 e. The third-order valence-electron chi connectivity index (χ3n) is 15.5. The molecule has 0 radical (unpaired) electrons. The minimum absolute atomic E-state index is 0. The summed E-state index contributed by atoms with van der Waals surface area (Å²) in [6.07, 6.45) is 8.17. The fraction of sp³-hybridized carbons (Fsp3) is 0.304. The minimum atomic E-state index is -0.947. The van der Waals surface area contributed by atoms with Crippen LogP contribution in [0.3, 0.4) is 0 Å². The van der Waals surface area contributed by atoms with E-state index in [2.05, 4.69) is 52.0 Å². The Labute approximate surface area is 538 Å². The molecule has 2 aliphatic heterocycles. The summed E-state index contributed by atoms with van der Waals surface area (Å²) in [5, 5.41) is 9.16. The van der Waals surface area contributed by atoms with Crippen molar-refractivity contribution in [3.63, 3.8) is 0 Å². The Balaban J connectivity index is 0.000000179. The first-order valence-electron chi connectivity index (χ1n) is 29.5. The standard InChI is InChI=1S/C34H36N6O5.C21H19ClO2.C13H18N6O3.CH4/c1-39(2)21-36-33-37-31-30(32(41)38-33)35-22-40(31)29-19-18-28(45-29)20-44-34(23-8-6-5-7-9-23,24-10-14-26(42-3)15-11-24)25-12-16-27(43-4)17-13-25;1-23-19-12-8-17(9-13-19)21(22,16-6-4-3-5-7-16)18-10-14-20(24-2)15-11-18;1-18(2)6-15-13-16-11-10(12(21)17-13)14-7-19(11)9-4-3-8(5-20)22-9;/h5-17,21-22,28-29H,18-20H2,1-4H3,(H,37,38,41);3-15H,1-2H3;6-9,20H,3-5H2,1-2H3,(H,16,17,21);1H4/t28-,29+;;8-,9+;/m0.0./s1. The highest BCUT2D eigenvalue weighted by Crippen LogP contribution is 2.45. The third-order valence-corrected chi connectivity index (χ3v) is 16.1. The van der Waals surface area contributed by atoms with E-state index in [9.17, 15) is 9.59 Å². The number of halogens is 1. The van der Waals surface area contributed by atoms with E-state index in [1.807, 2.05) is 174 Å². The lowest BCUT2D eigenvalue weighted by molar-refractivity contribution is -0.0756. The fourth-order valence-electron chi connectivity index (χ4n) is 10.9. The van der Waals surface area contributed by atoms with Crippen LogP contribution < -0.4 is 30.1 Å². The Morgan fingerprint density at radius 2 is 0.891 bits per heavy atom. The van der Waals surface area contributed by atoms with Gasteiger partial charge in [-0.3, -0.25) is 28.7 Å². The number of nitrogens with one attached hydrogen (secondary N) is 2. The van der Waals surface area contributed by atoms with Gasteiger partial charge in [0.25, 0.3) is 11.1 Å². The van der Waals surface area contributed by atoms with E-state index >= 15 is 0 Å². The van der Waals surface area contributed by atoms with Crippen molar-refractivity contribution in [3.05, 3.63) is 224 Å². The summed E-state index contributed by atoms with van der Waals surface area (Å²) in [5.41, 5.74) is 5.56. The number of nitrogens with zero attached hydrogens (tertiary/aromatic N) is 10. The molecule has 23 heteroatoms. The first-order chi connectivity index (χ1) is 44.2. The highest BCUT2D eigenvalue weighted by molar-refractivity contribution is 6.28. The van der Waals surface area contributed by atoms with Gasteiger partial charge in [-0.25, -0.2) is 20.0 Å². The van der Waals surface area contributed by atoms with Crippen LogP contribution in [0.4, 0.5) is 11.9 Å². The molecule has 2 aliphatic rings. The second-order valence-corrected chi connectivity index (χ2v) is 22.5. The normalized spacial score (nSPS) is 16.4. The number of aromatic nitrogens is 8. The molecule has 0 saturated carbocycles. The Bertz CT molecular complexity index is 4070. The van der Waals surface area contributed by atoms with Crippen LogP contribution in [0.2, 0.25) is 0 Å². The largest absolute Gasteiger partial charge is 0.497 e.